The molecule has 2 rings (SSSR count). The van der Waals surface area contributed by atoms with Gasteiger partial charge in [0.2, 0.25) is 0 Å². The fourth-order valence-corrected chi connectivity index (χ4v) is 1.58. The molecule has 1 N–H and O–H groups in total. The summed E-state index contributed by atoms with van der Waals surface area (Å²) in [7, 11) is 0. The zero-order valence-electron chi connectivity index (χ0n) is 11.1. The second-order valence-corrected chi connectivity index (χ2v) is 4.22. The molecule has 0 radical (unpaired) electrons. The Morgan fingerprint density at radius 3 is 2.41 bits per heavy atom. The van der Waals surface area contributed by atoms with Crippen molar-refractivity contribution < 1.29 is 23.2 Å². The molecule has 0 saturated carbocycles. The second-order valence-electron chi connectivity index (χ2n) is 4.22. The summed E-state index contributed by atoms with van der Waals surface area (Å²) in [6, 6.07) is 8.13. The third kappa shape index (κ3) is 3.98. The number of hydrogen-bond donors (Lipinski definition) is 1. The third-order valence-corrected chi connectivity index (χ3v) is 2.62. The van der Waals surface area contributed by atoms with Gasteiger partial charge in [0.05, 0.1) is 4.92 Å². The van der Waals surface area contributed by atoms with Crippen molar-refractivity contribution in [3.63, 3.8) is 0 Å². The lowest BCUT2D eigenvalue weighted by atomic mass is 10.3. The van der Waals surface area contributed by atoms with Gasteiger partial charge in [0, 0.05) is 23.9 Å². The number of nitrogens with one attached hydrogen (secondary N) is 1. The lowest BCUT2D eigenvalue weighted by Gasteiger charge is -2.07. The zero-order chi connectivity index (χ0) is 16.1. The summed E-state index contributed by atoms with van der Waals surface area (Å²) in [6.45, 7) is -0.415. The number of nitro benzene ring substituents is 1. The molecule has 2 aromatic rings. The van der Waals surface area contributed by atoms with Crippen LogP contribution in [-0.2, 0) is 4.79 Å². The van der Waals surface area contributed by atoms with E-state index in [4.69, 9.17) is 4.74 Å². The molecular formula is C14H10F2N2O4. The molecule has 0 aromatic heterocycles. The van der Waals surface area contributed by atoms with Crippen molar-refractivity contribution in [2.45, 2.75) is 0 Å². The Kier molecular flexibility index (Phi) is 4.62. The number of halogens is 2. The summed E-state index contributed by atoms with van der Waals surface area (Å²) in [5.41, 5.74) is 0.250. The van der Waals surface area contributed by atoms with Gasteiger partial charge in [-0.05, 0) is 24.3 Å². The number of ether oxygens (including phenoxy) is 1. The molecule has 8 heteroatoms. The van der Waals surface area contributed by atoms with E-state index < -0.39 is 29.1 Å². The monoisotopic (exact) mass is 308 g/mol. The number of benzene rings is 2. The number of anilines is 1. The van der Waals surface area contributed by atoms with Crippen molar-refractivity contribution in [2.24, 2.45) is 0 Å². The number of carbonyl (C=O) groups excluding carboxylic acids is 1. The van der Waals surface area contributed by atoms with Crippen molar-refractivity contribution in [3.05, 3.63) is 64.2 Å². The minimum absolute atomic E-state index is 0.0118. The molecule has 1 amide bonds. The number of non-ortho nitro benzene ring substituents is 1. The Morgan fingerprint density at radius 2 is 1.82 bits per heavy atom. The molecule has 0 heterocycles. The van der Waals surface area contributed by atoms with Gasteiger partial charge in [0.1, 0.15) is 5.75 Å². The largest absolute Gasteiger partial charge is 0.484 e. The van der Waals surface area contributed by atoms with E-state index in [1.165, 1.54) is 30.3 Å². The molecule has 2 aromatic carbocycles. The lowest BCUT2D eigenvalue weighted by molar-refractivity contribution is -0.384. The molecule has 0 fully saturated rings. The Labute approximate surface area is 123 Å². The highest BCUT2D eigenvalue weighted by atomic mass is 19.2. The van der Waals surface area contributed by atoms with E-state index >= 15 is 0 Å². The highest BCUT2D eigenvalue weighted by Crippen LogP contribution is 2.17. The number of carbonyl (C=O) groups is 1. The van der Waals surface area contributed by atoms with Crippen LogP contribution < -0.4 is 10.1 Å². The fraction of sp³-hybridized carbons (Fsp3) is 0.0714. The van der Waals surface area contributed by atoms with E-state index in [-0.39, 0.29) is 11.4 Å². The maximum Gasteiger partial charge on any atom is 0.269 e. The van der Waals surface area contributed by atoms with E-state index in [0.29, 0.717) is 5.69 Å². The molecule has 0 saturated heterocycles. The van der Waals surface area contributed by atoms with Crippen LogP contribution in [-0.4, -0.2) is 17.4 Å². The van der Waals surface area contributed by atoms with Gasteiger partial charge >= 0.3 is 0 Å². The van der Waals surface area contributed by atoms with Crippen LogP contribution in [0.15, 0.2) is 42.5 Å². The quantitative estimate of drug-likeness (QED) is 0.680. The molecular weight excluding hydrogens is 298 g/mol. The molecule has 0 bridgehead atoms. The van der Waals surface area contributed by atoms with Crippen molar-refractivity contribution in [1.29, 1.82) is 0 Å². The molecule has 6 nitrogen and oxygen atoms in total. The average Bonchev–Trinajstić information content (AvgIpc) is 2.49. The van der Waals surface area contributed by atoms with Gasteiger partial charge < -0.3 is 10.1 Å². The van der Waals surface area contributed by atoms with Crippen LogP contribution in [0.5, 0.6) is 5.75 Å². The summed E-state index contributed by atoms with van der Waals surface area (Å²) in [5.74, 6) is -2.62. The zero-order valence-corrected chi connectivity index (χ0v) is 11.1. The minimum atomic E-state index is -1.08. The number of hydrogen-bond acceptors (Lipinski definition) is 4. The first-order chi connectivity index (χ1) is 10.5. The van der Waals surface area contributed by atoms with Crippen LogP contribution in [0.2, 0.25) is 0 Å². The standard InChI is InChI=1S/C14H10F2N2O4/c15-12-6-5-11(7-13(12)16)22-8-14(19)17-9-1-3-10(4-2-9)18(20)21/h1-7H,8H2,(H,17,19). The van der Waals surface area contributed by atoms with Gasteiger partial charge in [-0.1, -0.05) is 0 Å². The molecule has 0 unspecified atom stereocenters. The normalized spacial score (nSPS) is 10.1. The van der Waals surface area contributed by atoms with Gasteiger partial charge in [0.25, 0.3) is 11.6 Å². The predicted octanol–water partition coefficient (Wildman–Crippen LogP) is 2.89. The molecule has 22 heavy (non-hydrogen) atoms. The summed E-state index contributed by atoms with van der Waals surface area (Å²) in [5, 5.41) is 12.9. The van der Waals surface area contributed by atoms with E-state index in [0.717, 1.165) is 12.1 Å². The van der Waals surface area contributed by atoms with Crippen LogP contribution in [0.25, 0.3) is 0 Å². The number of nitrogens with zero attached hydrogens (tertiary/aromatic N) is 1. The van der Waals surface area contributed by atoms with Gasteiger partial charge in [-0.15, -0.1) is 0 Å². The number of nitro groups is 1. The minimum Gasteiger partial charge on any atom is -0.484 e. The lowest BCUT2D eigenvalue weighted by Crippen LogP contribution is -2.20. The molecule has 114 valence electrons. The predicted molar refractivity (Wildman–Crippen MR) is 73.6 cm³/mol. The topological polar surface area (TPSA) is 81.5 Å². The first kappa shape index (κ1) is 15.4. The molecule has 0 aliphatic heterocycles. The summed E-state index contributed by atoms with van der Waals surface area (Å²) in [4.78, 5) is 21.5. The van der Waals surface area contributed by atoms with Gasteiger partial charge in [-0.25, -0.2) is 8.78 Å². The Bertz CT molecular complexity index is 704. The number of rotatable bonds is 5. The average molecular weight is 308 g/mol. The van der Waals surface area contributed by atoms with Crippen molar-refractivity contribution in [2.75, 3.05) is 11.9 Å². The van der Waals surface area contributed by atoms with Gasteiger partial charge in [-0.2, -0.15) is 0 Å². The van der Waals surface area contributed by atoms with E-state index in [1.807, 2.05) is 0 Å². The maximum atomic E-state index is 12.9. The first-order valence-electron chi connectivity index (χ1n) is 6.08. The smallest absolute Gasteiger partial charge is 0.269 e. The van der Waals surface area contributed by atoms with Crippen LogP contribution in [0.3, 0.4) is 0 Å². The van der Waals surface area contributed by atoms with Crippen molar-refractivity contribution in [1.82, 2.24) is 0 Å². The summed E-state index contributed by atoms with van der Waals surface area (Å²) >= 11 is 0. The van der Waals surface area contributed by atoms with Crippen molar-refractivity contribution in [3.8, 4) is 5.75 Å². The molecule has 0 aliphatic rings. The first-order valence-corrected chi connectivity index (χ1v) is 6.08. The van der Waals surface area contributed by atoms with Crippen LogP contribution in [0.1, 0.15) is 0 Å². The van der Waals surface area contributed by atoms with Gasteiger partial charge in [-0.3, -0.25) is 14.9 Å². The Balaban J connectivity index is 1.89. The summed E-state index contributed by atoms with van der Waals surface area (Å²) in [6.07, 6.45) is 0. The number of amides is 1. The van der Waals surface area contributed by atoms with Crippen molar-refractivity contribution >= 4 is 17.3 Å². The molecule has 0 aliphatic carbocycles. The fourth-order valence-electron chi connectivity index (χ4n) is 1.58. The highest BCUT2D eigenvalue weighted by molar-refractivity contribution is 5.91. The van der Waals surface area contributed by atoms with E-state index in [1.54, 1.807) is 0 Å². The Morgan fingerprint density at radius 1 is 1.14 bits per heavy atom. The third-order valence-electron chi connectivity index (χ3n) is 2.62. The maximum absolute atomic E-state index is 12.9. The Hall–Kier alpha value is -3.03. The molecule has 0 spiro atoms. The van der Waals surface area contributed by atoms with Crippen LogP contribution >= 0.6 is 0 Å². The van der Waals surface area contributed by atoms with Crippen LogP contribution in [0.4, 0.5) is 20.2 Å². The van der Waals surface area contributed by atoms with E-state index in [9.17, 15) is 23.7 Å². The highest BCUT2D eigenvalue weighted by Gasteiger charge is 2.08. The SMILES string of the molecule is O=C(COc1ccc(F)c(F)c1)Nc1ccc([N+](=O)[O-])cc1. The van der Waals surface area contributed by atoms with Crippen LogP contribution in [0, 0.1) is 21.7 Å². The molecule has 0 atom stereocenters. The van der Waals surface area contributed by atoms with Gasteiger partial charge in [0.15, 0.2) is 18.2 Å². The van der Waals surface area contributed by atoms with E-state index in [2.05, 4.69) is 5.32 Å². The summed E-state index contributed by atoms with van der Waals surface area (Å²) < 4.78 is 30.7. The second kappa shape index (κ2) is 6.61.